The first-order chi connectivity index (χ1) is 13.9. The minimum Gasteiger partial charge on any atom is -0.484 e. The fraction of sp³-hybridized carbons (Fsp3) is 0.364. The van der Waals surface area contributed by atoms with E-state index in [2.05, 4.69) is 12.2 Å². The number of rotatable bonds is 9. The van der Waals surface area contributed by atoms with Crippen LogP contribution in [0.1, 0.15) is 31.4 Å². The second-order valence-corrected chi connectivity index (χ2v) is 7.41. The van der Waals surface area contributed by atoms with Gasteiger partial charge in [-0.2, -0.15) is 0 Å². The maximum absolute atomic E-state index is 13.0. The predicted molar refractivity (Wildman–Crippen MR) is 116 cm³/mol. The van der Waals surface area contributed by atoms with Crippen LogP contribution in [0.15, 0.2) is 42.5 Å². The minimum absolute atomic E-state index is 0.166. The van der Waals surface area contributed by atoms with E-state index in [9.17, 15) is 9.59 Å². The Morgan fingerprint density at radius 2 is 1.69 bits per heavy atom. The van der Waals surface area contributed by atoms with E-state index in [1.807, 2.05) is 31.2 Å². The zero-order valence-corrected chi connectivity index (χ0v) is 18.4. The Balaban J connectivity index is 2.18. The Morgan fingerprint density at radius 1 is 1.03 bits per heavy atom. The zero-order chi connectivity index (χ0) is 21.4. The molecule has 0 aromatic heterocycles. The Bertz CT molecular complexity index is 840. The third kappa shape index (κ3) is 6.38. The molecular weight excluding hydrogens is 411 g/mol. The largest absolute Gasteiger partial charge is 0.484 e. The van der Waals surface area contributed by atoms with Gasteiger partial charge in [0.15, 0.2) is 6.61 Å². The van der Waals surface area contributed by atoms with Gasteiger partial charge in [-0.3, -0.25) is 9.59 Å². The lowest BCUT2D eigenvalue weighted by atomic mass is 10.1. The van der Waals surface area contributed by atoms with E-state index in [1.165, 1.54) is 10.5 Å². The summed E-state index contributed by atoms with van der Waals surface area (Å²) in [5, 5.41) is 3.46. The number of amides is 2. The second-order valence-electron chi connectivity index (χ2n) is 6.59. The average Bonchev–Trinajstić information content (AvgIpc) is 2.74. The Kier molecular flexibility index (Phi) is 8.80. The van der Waals surface area contributed by atoms with Gasteiger partial charge in [0, 0.05) is 13.6 Å². The molecule has 29 heavy (non-hydrogen) atoms. The summed E-state index contributed by atoms with van der Waals surface area (Å²) in [6.07, 6.45) is 1.40. The molecule has 0 aliphatic carbocycles. The van der Waals surface area contributed by atoms with E-state index < -0.39 is 6.04 Å². The molecule has 0 heterocycles. The number of aryl methyl sites for hydroxylation is 1. The van der Waals surface area contributed by atoms with Gasteiger partial charge in [-0.05, 0) is 48.2 Å². The van der Waals surface area contributed by atoms with E-state index in [0.29, 0.717) is 22.2 Å². The second kappa shape index (κ2) is 11.1. The SMILES string of the molecule is CCc1ccc(OCC(=O)N(Cc2ccc(Cl)c(Cl)c2)[C@@H](CC)C(=O)NC)cc1. The summed E-state index contributed by atoms with van der Waals surface area (Å²) in [7, 11) is 1.55. The molecule has 5 nitrogen and oxygen atoms in total. The van der Waals surface area contributed by atoms with Crippen LogP contribution >= 0.6 is 23.2 Å². The van der Waals surface area contributed by atoms with Crippen LogP contribution in [-0.2, 0) is 22.6 Å². The van der Waals surface area contributed by atoms with Crippen molar-refractivity contribution >= 4 is 35.0 Å². The minimum atomic E-state index is -0.618. The number of likely N-dealkylation sites (N-methyl/N-ethyl adjacent to an activating group) is 1. The number of nitrogens with one attached hydrogen (secondary N) is 1. The molecule has 0 saturated heterocycles. The van der Waals surface area contributed by atoms with E-state index in [0.717, 1.165) is 12.0 Å². The van der Waals surface area contributed by atoms with Crippen molar-refractivity contribution in [2.24, 2.45) is 0 Å². The molecule has 0 unspecified atom stereocenters. The Morgan fingerprint density at radius 3 is 2.24 bits per heavy atom. The Hall–Kier alpha value is -2.24. The lowest BCUT2D eigenvalue weighted by Crippen LogP contribution is -2.49. The number of hydrogen-bond donors (Lipinski definition) is 1. The summed E-state index contributed by atoms with van der Waals surface area (Å²) < 4.78 is 5.67. The molecule has 0 fully saturated rings. The van der Waals surface area contributed by atoms with Crippen molar-refractivity contribution in [2.45, 2.75) is 39.3 Å². The normalized spacial score (nSPS) is 11.6. The molecule has 0 saturated carbocycles. The summed E-state index contributed by atoms with van der Waals surface area (Å²) >= 11 is 12.1. The summed E-state index contributed by atoms with van der Waals surface area (Å²) in [6, 6.07) is 12.2. The molecule has 2 rings (SSSR count). The van der Waals surface area contributed by atoms with Crippen molar-refractivity contribution in [3.05, 3.63) is 63.6 Å². The van der Waals surface area contributed by atoms with Crippen LogP contribution in [0.2, 0.25) is 10.0 Å². The highest BCUT2D eigenvalue weighted by atomic mass is 35.5. The molecule has 1 N–H and O–H groups in total. The molecule has 1 atom stereocenters. The van der Waals surface area contributed by atoms with E-state index in [4.69, 9.17) is 27.9 Å². The number of carbonyl (C=O) groups excluding carboxylic acids is 2. The number of hydrogen-bond acceptors (Lipinski definition) is 3. The molecule has 0 aliphatic rings. The van der Waals surface area contributed by atoms with E-state index >= 15 is 0 Å². The third-order valence-electron chi connectivity index (χ3n) is 4.66. The maximum Gasteiger partial charge on any atom is 0.261 e. The van der Waals surface area contributed by atoms with Crippen molar-refractivity contribution in [1.82, 2.24) is 10.2 Å². The van der Waals surface area contributed by atoms with Crippen molar-refractivity contribution in [2.75, 3.05) is 13.7 Å². The average molecular weight is 437 g/mol. The van der Waals surface area contributed by atoms with Crippen molar-refractivity contribution in [3.63, 3.8) is 0 Å². The van der Waals surface area contributed by atoms with E-state index in [-0.39, 0.29) is 25.0 Å². The number of nitrogens with zero attached hydrogens (tertiary/aromatic N) is 1. The first-order valence-electron chi connectivity index (χ1n) is 9.56. The molecule has 156 valence electrons. The van der Waals surface area contributed by atoms with Gasteiger partial charge >= 0.3 is 0 Å². The summed E-state index contributed by atoms with van der Waals surface area (Å²) in [5.74, 6) is 0.0947. The van der Waals surface area contributed by atoms with Gasteiger partial charge in [0.25, 0.3) is 5.91 Å². The number of benzene rings is 2. The number of carbonyl (C=O) groups is 2. The van der Waals surface area contributed by atoms with Gasteiger partial charge < -0.3 is 15.0 Å². The lowest BCUT2D eigenvalue weighted by molar-refractivity contribution is -0.142. The quantitative estimate of drug-likeness (QED) is 0.629. The third-order valence-corrected chi connectivity index (χ3v) is 5.40. The Labute approximate surface area is 181 Å². The highest BCUT2D eigenvalue weighted by Crippen LogP contribution is 2.24. The van der Waals surface area contributed by atoms with Gasteiger partial charge in [0.1, 0.15) is 11.8 Å². The molecule has 0 spiro atoms. The van der Waals surface area contributed by atoms with Crippen molar-refractivity contribution in [1.29, 1.82) is 0 Å². The number of halogens is 2. The molecule has 2 amide bonds. The molecule has 2 aromatic carbocycles. The van der Waals surface area contributed by atoms with Crippen LogP contribution in [0.25, 0.3) is 0 Å². The van der Waals surface area contributed by atoms with E-state index in [1.54, 1.807) is 25.2 Å². The summed E-state index contributed by atoms with van der Waals surface area (Å²) in [5.41, 5.74) is 1.97. The lowest BCUT2D eigenvalue weighted by Gasteiger charge is -2.30. The van der Waals surface area contributed by atoms with Crippen molar-refractivity contribution < 1.29 is 14.3 Å². The highest BCUT2D eigenvalue weighted by molar-refractivity contribution is 6.42. The zero-order valence-electron chi connectivity index (χ0n) is 16.9. The van der Waals surface area contributed by atoms with Crippen LogP contribution in [0.4, 0.5) is 0 Å². The van der Waals surface area contributed by atoms with Crippen LogP contribution in [-0.4, -0.2) is 36.4 Å². The molecule has 0 bridgehead atoms. The van der Waals surface area contributed by atoms with Gasteiger partial charge in [0.05, 0.1) is 10.0 Å². The van der Waals surface area contributed by atoms with Crippen LogP contribution in [0.5, 0.6) is 5.75 Å². The molecular formula is C22H26Cl2N2O3. The smallest absolute Gasteiger partial charge is 0.261 e. The standard InChI is InChI=1S/C22H26Cl2N2O3/c1-4-15-6-9-17(10-7-15)29-14-21(27)26(20(5-2)22(28)25-3)13-16-8-11-18(23)19(24)12-16/h6-12,20H,4-5,13-14H2,1-3H3,(H,25,28)/t20-/m0/s1. The first-order valence-corrected chi connectivity index (χ1v) is 10.3. The fourth-order valence-electron chi connectivity index (χ4n) is 2.97. The van der Waals surface area contributed by atoms with Gasteiger partial charge in [-0.15, -0.1) is 0 Å². The van der Waals surface area contributed by atoms with Crippen molar-refractivity contribution in [3.8, 4) is 5.75 Å². The van der Waals surface area contributed by atoms with Crippen LogP contribution in [0.3, 0.4) is 0 Å². The van der Waals surface area contributed by atoms with Gasteiger partial charge in [0.2, 0.25) is 5.91 Å². The molecule has 7 heteroatoms. The molecule has 0 radical (unpaired) electrons. The number of ether oxygens (including phenoxy) is 1. The maximum atomic E-state index is 13.0. The monoisotopic (exact) mass is 436 g/mol. The van der Waals surface area contributed by atoms with Crippen LogP contribution < -0.4 is 10.1 Å². The molecule has 0 aliphatic heterocycles. The van der Waals surface area contributed by atoms with Gasteiger partial charge in [-0.1, -0.05) is 55.2 Å². The van der Waals surface area contributed by atoms with Crippen LogP contribution in [0, 0.1) is 0 Å². The summed E-state index contributed by atoms with van der Waals surface area (Å²) in [6.45, 7) is 3.99. The highest BCUT2D eigenvalue weighted by Gasteiger charge is 2.28. The first kappa shape index (κ1) is 23.0. The van der Waals surface area contributed by atoms with Gasteiger partial charge in [-0.25, -0.2) is 0 Å². The predicted octanol–water partition coefficient (Wildman–Crippen LogP) is 4.49. The molecule has 2 aromatic rings. The topological polar surface area (TPSA) is 58.6 Å². The summed E-state index contributed by atoms with van der Waals surface area (Å²) in [4.78, 5) is 26.8. The fourth-order valence-corrected chi connectivity index (χ4v) is 3.29.